The minimum absolute atomic E-state index is 0.0863. The third-order valence-electron chi connectivity index (χ3n) is 4.92. The smallest absolute Gasteiger partial charge is 0.256 e. The molecule has 2 aromatic rings. The van der Waals surface area contributed by atoms with E-state index in [4.69, 9.17) is 9.47 Å². The number of halogens is 1. The first-order chi connectivity index (χ1) is 15.5. The van der Waals surface area contributed by atoms with Gasteiger partial charge in [-0.05, 0) is 39.0 Å². The highest BCUT2D eigenvalue weighted by molar-refractivity contribution is 6.00. The lowest BCUT2D eigenvalue weighted by Gasteiger charge is -2.26. The second kappa shape index (κ2) is 10.7. The molecule has 1 aliphatic rings. The van der Waals surface area contributed by atoms with Crippen LogP contribution < -0.4 is 16.0 Å². The predicted molar refractivity (Wildman–Crippen MR) is 121 cm³/mol. The van der Waals surface area contributed by atoms with Gasteiger partial charge in [0.2, 0.25) is 5.88 Å². The quantitative estimate of drug-likeness (QED) is 0.211. The van der Waals surface area contributed by atoms with Crippen LogP contribution in [0.2, 0.25) is 0 Å². The van der Waals surface area contributed by atoms with Crippen molar-refractivity contribution in [3.8, 4) is 0 Å². The van der Waals surface area contributed by atoms with Gasteiger partial charge in [0, 0.05) is 26.3 Å². The molecule has 2 heterocycles. The molecule has 0 bridgehead atoms. The number of allylic oxidation sites excluding steroid dienone is 2. The summed E-state index contributed by atoms with van der Waals surface area (Å²) in [4.78, 5) is 21.1. The molecule has 172 valence electrons. The SMILES string of the molecule is C=N/C(OCCOC)=C(\C=C(/C)F)Nc1cc(NC)n2ncc(C(=O)NC3CCC3)c2n1. The van der Waals surface area contributed by atoms with Gasteiger partial charge in [-0.15, -0.1) is 0 Å². The van der Waals surface area contributed by atoms with Crippen molar-refractivity contribution in [3.05, 3.63) is 41.3 Å². The van der Waals surface area contributed by atoms with Crippen LogP contribution in [-0.2, 0) is 9.47 Å². The van der Waals surface area contributed by atoms with Crippen LogP contribution >= 0.6 is 0 Å². The van der Waals surface area contributed by atoms with E-state index in [2.05, 4.69) is 37.7 Å². The van der Waals surface area contributed by atoms with Gasteiger partial charge in [-0.3, -0.25) is 4.79 Å². The van der Waals surface area contributed by atoms with Gasteiger partial charge in [-0.25, -0.2) is 14.4 Å². The first-order valence-electron chi connectivity index (χ1n) is 10.3. The molecular formula is C21H28FN7O3. The van der Waals surface area contributed by atoms with E-state index in [1.807, 2.05) is 0 Å². The summed E-state index contributed by atoms with van der Waals surface area (Å²) < 4.78 is 25.8. The van der Waals surface area contributed by atoms with E-state index in [0.29, 0.717) is 29.5 Å². The maximum absolute atomic E-state index is 13.8. The first kappa shape index (κ1) is 23.2. The van der Waals surface area contributed by atoms with Crippen molar-refractivity contribution >= 4 is 29.9 Å². The number of rotatable bonds is 11. The molecule has 0 atom stereocenters. The molecule has 0 unspecified atom stereocenters. The standard InChI is InChI=1S/C21H28FN7O3/c1-13(22)10-16(21(24-3)32-9-8-31-4)27-17-11-18(23-2)29-19(28-17)15(12-25-29)20(30)26-14-6-5-7-14/h10-12,14,23H,3,5-9H2,1-2,4H3,(H,26,30)(H,27,28)/b13-10+,21-16-. The van der Waals surface area contributed by atoms with Gasteiger partial charge >= 0.3 is 0 Å². The lowest BCUT2D eigenvalue weighted by Crippen LogP contribution is -2.39. The van der Waals surface area contributed by atoms with E-state index in [9.17, 15) is 9.18 Å². The van der Waals surface area contributed by atoms with Gasteiger partial charge in [0.05, 0.1) is 18.6 Å². The van der Waals surface area contributed by atoms with E-state index >= 15 is 0 Å². The molecule has 2 aromatic heterocycles. The molecule has 3 N–H and O–H groups in total. The summed E-state index contributed by atoms with van der Waals surface area (Å²) in [5.41, 5.74) is 0.915. The number of nitrogens with one attached hydrogen (secondary N) is 3. The molecule has 0 aromatic carbocycles. The zero-order chi connectivity index (χ0) is 23.1. The van der Waals surface area contributed by atoms with Gasteiger partial charge in [0.1, 0.15) is 29.5 Å². The van der Waals surface area contributed by atoms with Crippen LogP contribution in [0.5, 0.6) is 0 Å². The molecular weight excluding hydrogens is 417 g/mol. The van der Waals surface area contributed by atoms with Gasteiger partial charge in [-0.1, -0.05) is 0 Å². The van der Waals surface area contributed by atoms with Crippen LogP contribution in [-0.4, -0.2) is 60.6 Å². The molecule has 1 amide bonds. The van der Waals surface area contributed by atoms with Gasteiger partial charge < -0.3 is 25.4 Å². The van der Waals surface area contributed by atoms with Crippen molar-refractivity contribution < 1.29 is 18.7 Å². The summed E-state index contributed by atoms with van der Waals surface area (Å²) in [6.45, 7) is 5.33. The van der Waals surface area contributed by atoms with E-state index in [0.717, 1.165) is 19.3 Å². The zero-order valence-electron chi connectivity index (χ0n) is 18.4. The summed E-state index contributed by atoms with van der Waals surface area (Å²) in [5, 5.41) is 13.3. The maximum atomic E-state index is 13.8. The predicted octanol–water partition coefficient (Wildman–Crippen LogP) is 2.87. The Labute approximate surface area is 185 Å². The van der Waals surface area contributed by atoms with Crippen molar-refractivity contribution in [2.75, 3.05) is 38.0 Å². The fourth-order valence-electron chi connectivity index (χ4n) is 3.10. The second-order valence-electron chi connectivity index (χ2n) is 7.25. The Kier molecular flexibility index (Phi) is 7.77. The number of nitrogens with zero attached hydrogens (tertiary/aromatic N) is 4. The molecule has 11 heteroatoms. The number of methoxy groups -OCH3 is 1. The van der Waals surface area contributed by atoms with E-state index in [1.165, 1.54) is 23.7 Å². The minimum Gasteiger partial charge on any atom is -0.474 e. The molecule has 0 spiro atoms. The topological polar surface area (TPSA) is 114 Å². The Balaban J connectivity index is 1.98. The van der Waals surface area contributed by atoms with Crippen molar-refractivity contribution in [3.63, 3.8) is 0 Å². The third kappa shape index (κ3) is 5.41. The van der Waals surface area contributed by atoms with Gasteiger partial charge in [0.15, 0.2) is 5.65 Å². The Morgan fingerprint density at radius 2 is 2.22 bits per heavy atom. The molecule has 1 saturated carbocycles. The maximum Gasteiger partial charge on any atom is 0.256 e. The number of anilines is 2. The van der Waals surface area contributed by atoms with Crippen LogP contribution in [0.1, 0.15) is 36.5 Å². The Hall–Kier alpha value is -3.47. The van der Waals surface area contributed by atoms with E-state index in [-0.39, 0.29) is 30.1 Å². The molecule has 10 nitrogen and oxygen atoms in total. The summed E-state index contributed by atoms with van der Waals surface area (Å²) in [6.07, 6.45) is 5.75. The van der Waals surface area contributed by atoms with Crippen molar-refractivity contribution in [2.45, 2.75) is 32.2 Å². The lowest BCUT2D eigenvalue weighted by molar-refractivity contribution is 0.0918. The van der Waals surface area contributed by atoms with Crippen LogP contribution in [0.3, 0.4) is 0 Å². The highest BCUT2D eigenvalue weighted by Crippen LogP contribution is 2.23. The largest absolute Gasteiger partial charge is 0.474 e. The number of hydrogen-bond acceptors (Lipinski definition) is 8. The molecule has 32 heavy (non-hydrogen) atoms. The number of aliphatic imine (C=N–C) groups is 1. The number of ether oxygens (including phenoxy) is 2. The first-order valence-corrected chi connectivity index (χ1v) is 10.3. The number of carbonyl (C=O) groups is 1. The van der Waals surface area contributed by atoms with Crippen LogP contribution in [0.4, 0.5) is 16.0 Å². The summed E-state index contributed by atoms with van der Waals surface area (Å²) in [6, 6.07) is 1.85. The van der Waals surface area contributed by atoms with E-state index in [1.54, 1.807) is 20.2 Å². The second-order valence-corrected chi connectivity index (χ2v) is 7.25. The molecule has 3 rings (SSSR count). The fraction of sp³-hybridized carbons (Fsp3) is 0.429. The summed E-state index contributed by atoms with van der Waals surface area (Å²) in [5.74, 6) is 0.299. The molecule has 1 aliphatic carbocycles. The van der Waals surface area contributed by atoms with Crippen molar-refractivity contribution in [1.82, 2.24) is 19.9 Å². The summed E-state index contributed by atoms with van der Waals surface area (Å²) in [7, 11) is 3.27. The van der Waals surface area contributed by atoms with Crippen molar-refractivity contribution in [1.29, 1.82) is 0 Å². The zero-order valence-corrected chi connectivity index (χ0v) is 18.4. The third-order valence-corrected chi connectivity index (χ3v) is 4.92. The summed E-state index contributed by atoms with van der Waals surface area (Å²) >= 11 is 0. The molecule has 1 fully saturated rings. The minimum atomic E-state index is -0.469. The monoisotopic (exact) mass is 445 g/mol. The average molecular weight is 445 g/mol. The van der Waals surface area contributed by atoms with Crippen molar-refractivity contribution in [2.24, 2.45) is 4.99 Å². The highest BCUT2D eigenvalue weighted by atomic mass is 19.1. The van der Waals surface area contributed by atoms with Crippen LogP contribution in [0.25, 0.3) is 5.65 Å². The number of amides is 1. The fourth-order valence-corrected chi connectivity index (χ4v) is 3.10. The average Bonchev–Trinajstić information content (AvgIpc) is 3.16. The Bertz CT molecular complexity index is 1040. The molecule has 0 aliphatic heterocycles. The van der Waals surface area contributed by atoms with Gasteiger partial charge in [-0.2, -0.15) is 9.61 Å². The van der Waals surface area contributed by atoms with E-state index < -0.39 is 5.83 Å². The number of carbonyl (C=O) groups excluding carboxylic acids is 1. The Morgan fingerprint density at radius 1 is 1.44 bits per heavy atom. The molecule has 0 saturated heterocycles. The normalized spacial score (nSPS) is 15.1. The number of aromatic nitrogens is 3. The highest BCUT2D eigenvalue weighted by Gasteiger charge is 2.23. The van der Waals surface area contributed by atoms with Crippen LogP contribution in [0, 0.1) is 0 Å². The van der Waals surface area contributed by atoms with Gasteiger partial charge in [0.25, 0.3) is 5.91 Å². The number of hydrogen-bond donors (Lipinski definition) is 3. The molecule has 0 radical (unpaired) electrons. The van der Waals surface area contributed by atoms with Crippen LogP contribution in [0.15, 0.2) is 40.7 Å². The Morgan fingerprint density at radius 3 is 2.81 bits per heavy atom. The number of fused-ring (bicyclic) bond motifs is 1. The lowest BCUT2D eigenvalue weighted by atomic mass is 9.93.